The molecule has 0 saturated carbocycles. The number of rotatable bonds is 16. The number of hydrogen-bond donors (Lipinski definition) is 2. The summed E-state index contributed by atoms with van der Waals surface area (Å²) in [6.07, 6.45) is 3.29. The molecule has 0 amide bonds. The van der Waals surface area contributed by atoms with Crippen LogP contribution in [0.5, 0.6) is 17.2 Å². The molecule has 2 N–H and O–H groups in total. The van der Waals surface area contributed by atoms with Crippen LogP contribution in [-0.4, -0.2) is 53.6 Å². The molecule has 0 unspecified atom stereocenters. The molecule has 2 aromatic heterocycles. The minimum atomic E-state index is -0.297. The molecule has 5 rings (SSSR count). The second kappa shape index (κ2) is 16.3. The lowest BCUT2D eigenvalue weighted by molar-refractivity contribution is 0.268. The van der Waals surface area contributed by atoms with Gasteiger partial charge >= 0.3 is 0 Å². The maximum atomic E-state index is 14.2. The van der Waals surface area contributed by atoms with Crippen LogP contribution in [-0.2, 0) is 25.5 Å². The highest BCUT2D eigenvalue weighted by Gasteiger charge is 2.21. The third-order valence-electron chi connectivity index (χ3n) is 8.20. The smallest absolute Gasteiger partial charge is 0.264 e. The van der Waals surface area contributed by atoms with Crippen molar-refractivity contribution in [2.75, 3.05) is 38.2 Å². The number of nitrogens with one attached hydrogen (secondary N) is 1. The first-order chi connectivity index (χ1) is 23.4. The van der Waals surface area contributed by atoms with E-state index < -0.39 is 0 Å². The van der Waals surface area contributed by atoms with Gasteiger partial charge in [0.25, 0.3) is 5.56 Å². The number of halogens is 1. The monoisotopic (exact) mass is 671 g/mol. The van der Waals surface area contributed by atoms with E-state index in [2.05, 4.69) is 17.1 Å². The number of methoxy groups -OCH3 is 3. The Morgan fingerprint density at radius 2 is 1.50 bits per heavy atom. The number of alkyl halides is 1. The van der Waals surface area contributed by atoms with Crippen LogP contribution in [0.3, 0.4) is 0 Å². The Kier molecular flexibility index (Phi) is 11.8. The van der Waals surface area contributed by atoms with E-state index in [-0.39, 0.29) is 24.8 Å². The fraction of sp³-hybridized carbons (Fsp3) is 0.324. The number of aliphatic hydroxyl groups excluding tert-OH is 1. The summed E-state index contributed by atoms with van der Waals surface area (Å²) in [5, 5.41) is 13.9. The van der Waals surface area contributed by atoms with Crippen LogP contribution in [0.25, 0.3) is 10.9 Å². The lowest BCUT2D eigenvalue weighted by Gasteiger charge is -2.25. The number of hydrogen-bond acceptors (Lipinski definition) is 9. The van der Waals surface area contributed by atoms with E-state index in [1.54, 1.807) is 32.1 Å². The van der Waals surface area contributed by atoms with E-state index in [0.29, 0.717) is 53.8 Å². The average molecular weight is 672 g/mol. The average Bonchev–Trinajstić information content (AvgIpc) is 3.12. The second-order valence-electron chi connectivity index (χ2n) is 11.5. The molecule has 0 radical (unpaired) electrons. The standard InChI is InChI=1S/C37H42ClN5O5/c1-5-6-29(24-44)39-35-34-32(17-18-42(36(34)45)23-28-12-7-27(20-38)19-33(28)48-4)40-37(41-35)43(21-25-8-13-30(46-2)14-9-25)22-26-10-15-31(47-3)16-11-26/h7-19,29,44H,5-6,20-24H2,1-4H3,(H,39,40,41)/t29-/m0/s1. The van der Waals surface area contributed by atoms with Gasteiger partial charge in [0.1, 0.15) is 28.5 Å². The second-order valence-corrected chi connectivity index (χ2v) is 11.8. The van der Waals surface area contributed by atoms with Crippen LogP contribution in [0, 0.1) is 0 Å². The zero-order chi connectivity index (χ0) is 34.0. The van der Waals surface area contributed by atoms with Crippen molar-refractivity contribution in [1.82, 2.24) is 14.5 Å². The van der Waals surface area contributed by atoms with Gasteiger partial charge in [0.2, 0.25) is 5.95 Å². The largest absolute Gasteiger partial charge is 0.497 e. The summed E-state index contributed by atoms with van der Waals surface area (Å²) in [5.74, 6) is 3.37. The molecule has 252 valence electrons. The molecule has 0 fully saturated rings. The number of nitrogens with zero attached hydrogens (tertiary/aromatic N) is 4. The molecule has 0 aliphatic heterocycles. The van der Waals surface area contributed by atoms with Gasteiger partial charge in [-0.2, -0.15) is 4.98 Å². The quantitative estimate of drug-likeness (QED) is 0.115. The van der Waals surface area contributed by atoms with Crippen molar-refractivity contribution >= 4 is 34.3 Å². The third-order valence-corrected chi connectivity index (χ3v) is 8.51. The first kappa shape index (κ1) is 34.5. The fourth-order valence-corrected chi connectivity index (χ4v) is 5.74. The molecule has 5 aromatic rings. The van der Waals surface area contributed by atoms with E-state index in [1.807, 2.05) is 72.8 Å². The maximum Gasteiger partial charge on any atom is 0.264 e. The summed E-state index contributed by atoms with van der Waals surface area (Å²) in [6.45, 7) is 3.21. The molecule has 0 spiro atoms. The van der Waals surface area contributed by atoms with Crippen molar-refractivity contribution in [2.24, 2.45) is 0 Å². The minimum Gasteiger partial charge on any atom is -0.497 e. The van der Waals surface area contributed by atoms with E-state index in [9.17, 15) is 9.90 Å². The highest BCUT2D eigenvalue weighted by Crippen LogP contribution is 2.27. The number of fused-ring (bicyclic) bond motifs is 1. The summed E-state index contributed by atoms with van der Waals surface area (Å²) in [6, 6.07) is 23.0. The zero-order valence-electron chi connectivity index (χ0n) is 27.8. The van der Waals surface area contributed by atoms with Gasteiger partial charge in [0.15, 0.2) is 0 Å². The molecule has 10 nitrogen and oxygen atoms in total. The summed E-state index contributed by atoms with van der Waals surface area (Å²) in [5.41, 5.74) is 4.07. The number of ether oxygens (including phenoxy) is 3. The van der Waals surface area contributed by atoms with Gasteiger partial charge < -0.3 is 34.1 Å². The van der Waals surface area contributed by atoms with Crippen LogP contribution in [0.15, 0.2) is 83.8 Å². The van der Waals surface area contributed by atoms with Crippen LogP contribution >= 0.6 is 11.6 Å². The van der Waals surface area contributed by atoms with Crippen LogP contribution in [0.1, 0.15) is 42.0 Å². The van der Waals surface area contributed by atoms with Gasteiger partial charge in [-0.25, -0.2) is 4.98 Å². The Balaban J connectivity index is 1.61. The van der Waals surface area contributed by atoms with E-state index in [1.165, 1.54) is 0 Å². The third kappa shape index (κ3) is 8.18. The first-order valence-electron chi connectivity index (χ1n) is 15.9. The first-order valence-corrected chi connectivity index (χ1v) is 16.4. The Hall–Kier alpha value is -4.80. The van der Waals surface area contributed by atoms with E-state index in [4.69, 9.17) is 35.8 Å². The minimum absolute atomic E-state index is 0.110. The molecular weight excluding hydrogens is 630 g/mol. The molecular formula is C37H42ClN5O5. The normalized spacial score (nSPS) is 11.7. The fourth-order valence-electron chi connectivity index (χ4n) is 5.58. The predicted molar refractivity (Wildman–Crippen MR) is 191 cm³/mol. The van der Waals surface area contributed by atoms with Crippen molar-refractivity contribution in [1.29, 1.82) is 0 Å². The molecule has 48 heavy (non-hydrogen) atoms. The topological polar surface area (TPSA) is 111 Å². The van der Waals surface area contributed by atoms with Gasteiger partial charge in [-0.15, -0.1) is 11.6 Å². The Morgan fingerprint density at radius 3 is 2.04 bits per heavy atom. The van der Waals surface area contributed by atoms with E-state index in [0.717, 1.165) is 40.2 Å². The lowest BCUT2D eigenvalue weighted by atomic mass is 10.1. The van der Waals surface area contributed by atoms with Crippen molar-refractivity contribution in [3.8, 4) is 17.2 Å². The van der Waals surface area contributed by atoms with Crippen LogP contribution in [0.2, 0.25) is 0 Å². The Labute approximate surface area is 285 Å². The number of aromatic nitrogens is 3. The van der Waals surface area contributed by atoms with Crippen molar-refractivity contribution in [2.45, 2.75) is 51.3 Å². The number of pyridine rings is 1. The Morgan fingerprint density at radius 1 is 0.875 bits per heavy atom. The zero-order valence-corrected chi connectivity index (χ0v) is 28.5. The summed E-state index contributed by atoms with van der Waals surface area (Å²) >= 11 is 6.04. The lowest BCUT2D eigenvalue weighted by Crippen LogP contribution is -2.29. The van der Waals surface area contributed by atoms with Gasteiger partial charge in [0, 0.05) is 30.7 Å². The van der Waals surface area contributed by atoms with Gasteiger partial charge in [-0.1, -0.05) is 49.7 Å². The summed E-state index contributed by atoms with van der Waals surface area (Å²) in [4.78, 5) is 26.2. The van der Waals surface area contributed by atoms with Crippen molar-refractivity contribution in [3.63, 3.8) is 0 Å². The molecule has 0 bridgehead atoms. The molecule has 11 heteroatoms. The summed E-state index contributed by atoms with van der Waals surface area (Å²) < 4.78 is 18.0. The number of aliphatic hydroxyl groups is 1. The van der Waals surface area contributed by atoms with Gasteiger partial charge in [0.05, 0.1) is 46.0 Å². The summed E-state index contributed by atoms with van der Waals surface area (Å²) in [7, 11) is 4.88. The van der Waals surface area contributed by atoms with Crippen molar-refractivity contribution < 1.29 is 19.3 Å². The Bertz CT molecular complexity index is 1810. The van der Waals surface area contributed by atoms with Gasteiger partial charge in [-0.05, 0) is 59.5 Å². The number of anilines is 2. The SMILES string of the molecule is CCC[C@@H](CO)Nc1nc(N(Cc2ccc(OC)cc2)Cc2ccc(OC)cc2)nc2ccn(Cc3ccc(CCl)cc3OC)c(=O)c12. The molecule has 3 aromatic carbocycles. The molecule has 0 aliphatic rings. The van der Waals surface area contributed by atoms with E-state index >= 15 is 0 Å². The highest BCUT2D eigenvalue weighted by molar-refractivity contribution is 6.17. The maximum absolute atomic E-state index is 14.2. The predicted octanol–water partition coefficient (Wildman–Crippen LogP) is 6.38. The van der Waals surface area contributed by atoms with Crippen LogP contribution < -0.4 is 30.0 Å². The molecule has 2 heterocycles. The molecule has 1 atom stereocenters. The number of benzene rings is 3. The molecule has 0 saturated heterocycles. The van der Waals surface area contributed by atoms with Crippen molar-refractivity contribution in [3.05, 3.63) is 112 Å². The van der Waals surface area contributed by atoms with Gasteiger partial charge in [-0.3, -0.25) is 4.79 Å². The molecule has 0 aliphatic carbocycles. The van der Waals surface area contributed by atoms with Crippen LogP contribution in [0.4, 0.5) is 11.8 Å². The highest BCUT2D eigenvalue weighted by atomic mass is 35.5.